The number of fused-ring (bicyclic) bond motifs is 1. The maximum atomic E-state index is 11.2. The van der Waals surface area contributed by atoms with E-state index in [2.05, 4.69) is 15.4 Å². The molecule has 2 N–H and O–H groups in total. The van der Waals surface area contributed by atoms with E-state index in [-0.39, 0.29) is 11.7 Å². The third-order valence-electron chi connectivity index (χ3n) is 3.10. The summed E-state index contributed by atoms with van der Waals surface area (Å²) in [7, 11) is 1.59. The summed E-state index contributed by atoms with van der Waals surface area (Å²) in [5, 5.41) is 16.0. The zero-order valence-corrected chi connectivity index (χ0v) is 10.6. The van der Waals surface area contributed by atoms with E-state index in [1.54, 1.807) is 17.9 Å². The normalized spacial score (nSPS) is 16.9. The molecule has 7 heteroatoms. The van der Waals surface area contributed by atoms with Crippen molar-refractivity contribution in [3.8, 4) is 5.75 Å². The number of nitrogens with one attached hydrogen (secondary N) is 1. The molecule has 1 aromatic heterocycles. The van der Waals surface area contributed by atoms with Gasteiger partial charge < -0.3 is 15.2 Å². The van der Waals surface area contributed by atoms with Crippen LogP contribution in [0.3, 0.4) is 0 Å². The van der Waals surface area contributed by atoms with Gasteiger partial charge >= 0.3 is 5.97 Å². The molecule has 0 fully saturated rings. The number of methoxy groups -OCH3 is 1. The molecule has 102 valence electrons. The third-order valence-corrected chi connectivity index (χ3v) is 3.10. The number of aliphatic carboxylic acids is 1. The lowest BCUT2D eigenvalue weighted by Crippen LogP contribution is -2.24. The molecule has 0 amide bonds. The van der Waals surface area contributed by atoms with Gasteiger partial charge in [0.2, 0.25) is 5.95 Å². The standard InChI is InChI=1S/C13H12N4O3/c1-20-9-4-2-8(3-5-9)11-6-10(12(18)19)16-13-14-7-15-17(11)13/h2-7,11H,1H3,(H,18,19)(H,14,15,16)/t11-/m0/s1. The van der Waals surface area contributed by atoms with Gasteiger partial charge in [-0.3, -0.25) is 0 Å². The molecule has 3 rings (SSSR count). The lowest BCUT2D eigenvalue weighted by Gasteiger charge is -2.22. The number of ether oxygens (including phenoxy) is 1. The first-order valence-corrected chi connectivity index (χ1v) is 5.94. The van der Waals surface area contributed by atoms with Gasteiger partial charge in [0.05, 0.1) is 7.11 Å². The molecule has 0 bridgehead atoms. The van der Waals surface area contributed by atoms with E-state index in [4.69, 9.17) is 9.84 Å². The number of carboxylic acid groups (broad SMARTS) is 1. The highest BCUT2D eigenvalue weighted by molar-refractivity contribution is 5.90. The molecule has 20 heavy (non-hydrogen) atoms. The molecular formula is C13H12N4O3. The first-order chi connectivity index (χ1) is 9.69. The summed E-state index contributed by atoms with van der Waals surface area (Å²) in [6, 6.07) is 7.07. The van der Waals surface area contributed by atoms with Crippen LogP contribution in [0.2, 0.25) is 0 Å². The van der Waals surface area contributed by atoms with E-state index in [9.17, 15) is 4.79 Å². The van der Waals surface area contributed by atoms with Gasteiger partial charge in [0.15, 0.2) is 0 Å². The molecule has 0 radical (unpaired) electrons. The Morgan fingerprint density at radius 1 is 1.40 bits per heavy atom. The van der Waals surface area contributed by atoms with E-state index in [0.29, 0.717) is 5.95 Å². The first kappa shape index (κ1) is 12.2. The van der Waals surface area contributed by atoms with Gasteiger partial charge in [0, 0.05) is 0 Å². The number of rotatable bonds is 3. The molecule has 0 unspecified atom stereocenters. The van der Waals surface area contributed by atoms with Crippen LogP contribution in [0.5, 0.6) is 5.75 Å². The van der Waals surface area contributed by atoms with Crippen molar-refractivity contribution in [2.24, 2.45) is 0 Å². The van der Waals surface area contributed by atoms with Crippen molar-refractivity contribution in [1.29, 1.82) is 0 Å². The molecule has 0 aliphatic carbocycles. The van der Waals surface area contributed by atoms with Gasteiger partial charge in [-0.05, 0) is 23.8 Å². The molecule has 0 saturated heterocycles. The third kappa shape index (κ3) is 1.99. The van der Waals surface area contributed by atoms with Crippen molar-refractivity contribution in [2.45, 2.75) is 6.04 Å². The van der Waals surface area contributed by atoms with Crippen molar-refractivity contribution < 1.29 is 14.6 Å². The second-order valence-corrected chi connectivity index (χ2v) is 4.26. The second-order valence-electron chi connectivity index (χ2n) is 4.26. The van der Waals surface area contributed by atoms with Crippen LogP contribution in [0.4, 0.5) is 5.95 Å². The average molecular weight is 272 g/mol. The molecule has 2 heterocycles. The van der Waals surface area contributed by atoms with E-state index in [1.165, 1.54) is 6.33 Å². The van der Waals surface area contributed by atoms with Crippen LogP contribution < -0.4 is 10.1 Å². The summed E-state index contributed by atoms with van der Waals surface area (Å²) >= 11 is 0. The smallest absolute Gasteiger partial charge is 0.352 e. The van der Waals surface area contributed by atoms with Crippen LogP contribution in [0.15, 0.2) is 42.4 Å². The largest absolute Gasteiger partial charge is 0.497 e. The van der Waals surface area contributed by atoms with Crippen molar-refractivity contribution in [3.63, 3.8) is 0 Å². The highest BCUT2D eigenvalue weighted by Crippen LogP contribution is 2.29. The van der Waals surface area contributed by atoms with Gasteiger partial charge in [-0.25, -0.2) is 9.48 Å². The number of benzene rings is 1. The zero-order valence-electron chi connectivity index (χ0n) is 10.6. The van der Waals surface area contributed by atoms with E-state index < -0.39 is 5.97 Å². The Kier molecular flexibility index (Phi) is 2.86. The summed E-state index contributed by atoms with van der Waals surface area (Å²) in [5.41, 5.74) is 0.990. The van der Waals surface area contributed by atoms with Gasteiger partial charge in [-0.1, -0.05) is 12.1 Å². The molecule has 1 atom stereocenters. The molecule has 0 spiro atoms. The fraction of sp³-hybridized carbons (Fsp3) is 0.154. The summed E-state index contributed by atoms with van der Waals surface area (Å²) in [5.74, 6) is 0.118. The summed E-state index contributed by atoms with van der Waals surface area (Å²) in [4.78, 5) is 15.2. The molecule has 1 aliphatic rings. The van der Waals surface area contributed by atoms with Crippen molar-refractivity contribution in [1.82, 2.24) is 14.8 Å². The monoisotopic (exact) mass is 272 g/mol. The molecule has 1 aromatic carbocycles. The van der Waals surface area contributed by atoms with Gasteiger partial charge in [-0.2, -0.15) is 10.1 Å². The number of anilines is 1. The second kappa shape index (κ2) is 4.69. The van der Waals surface area contributed by atoms with Crippen LogP contribution in [0.25, 0.3) is 0 Å². The Hall–Kier alpha value is -2.83. The van der Waals surface area contributed by atoms with Gasteiger partial charge in [0.1, 0.15) is 23.8 Å². The predicted octanol–water partition coefficient (Wildman–Crippen LogP) is 1.27. The maximum absolute atomic E-state index is 11.2. The number of nitrogens with zero attached hydrogens (tertiary/aromatic N) is 3. The highest BCUT2D eigenvalue weighted by Gasteiger charge is 2.25. The minimum absolute atomic E-state index is 0.0892. The minimum atomic E-state index is -1.03. The Balaban J connectivity index is 2.04. The lowest BCUT2D eigenvalue weighted by atomic mass is 10.0. The lowest BCUT2D eigenvalue weighted by molar-refractivity contribution is -0.132. The van der Waals surface area contributed by atoms with Crippen molar-refractivity contribution in [3.05, 3.63) is 47.9 Å². The van der Waals surface area contributed by atoms with E-state index in [0.717, 1.165) is 11.3 Å². The number of carboxylic acids is 1. The fourth-order valence-electron chi connectivity index (χ4n) is 2.10. The summed E-state index contributed by atoms with van der Waals surface area (Å²) < 4.78 is 6.75. The number of carbonyl (C=O) groups is 1. The van der Waals surface area contributed by atoms with Crippen LogP contribution in [0.1, 0.15) is 11.6 Å². The SMILES string of the molecule is COc1ccc([C@@H]2C=C(C(=O)O)Nc3ncnn32)cc1. The first-order valence-electron chi connectivity index (χ1n) is 5.94. The number of allylic oxidation sites excluding steroid dienone is 1. The van der Waals surface area contributed by atoms with Gasteiger partial charge in [-0.15, -0.1) is 0 Å². The minimum Gasteiger partial charge on any atom is -0.497 e. The summed E-state index contributed by atoms with van der Waals surface area (Å²) in [6.07, 6.45) is 2.99. The van der Waals surface area contributed by atoms with Gasteiger partial charge in [0.25, 0.3) is 0 Å². The molecular weight excluding hydrogens is 260 g/mol. The highest BCUT2D eigenvalue weighted by atomic mass is 16.5. The van der Waals surface area contributed by atoms with Crippen LogP contribution in [-0.4, -0.2) is 33.0 Å². The predicted molar refractivity (Wildman–Crippen MR) is 70.5 cm³/mol. The number of aromatic nitrogens is 3. The number of hydrogen-bond donors (Lipinski definition) is 2. The van der Waals surface area contributed by atoms with E-state index in [1.807, 2.05) is 24.3 Å². The van der Waals surface area contributed by atoms with Crippen LogP contribution >= 0.6 is 0 Å². The van der Waals surface area contributed by atoms with Crippen molar-refractivity contribution in [2.75, 3.05) is 12.4 Å². The zero-order chi connectivity index (χ0) is 14.1. The molecule has 2 aromatic rings. The summed E-state index contributed by atoms with van der Waals surface area (Å²) in [6.45, 7) is 0. The molecule has 0 saturated carbocycles. The Morgan fingerprint density at radius 3 is 2.80 bits per heavy atom. The molecule has 7 nitrogen and oxygen atoms in total. The fourth-order valence-corrected chi connectivity index (χ4v) is 2.10. The number of hydrogen-bond acceptors (Lipinski definition) is 5. The molecule has 1 aliphatic heterocycles. The quantitative estimate of drug-likeness (QED) is 0.874. The topological polar surface area (TPSA) is 89.3 Å². The van der Waals surface area contributed by atoms with Crippen LogP contribution in [-0.2, 0) is 4.79 Å². The van der Waals surface area contributed by atoms with Crippen molar-refractivity contribution >= 4 is 11.9 Å². The van der Waals surface area contributed by atoms with Crippen LogP contribution in [0, 0.1) is 0 Å². The van der Waals surface area contributed by atoms with E-state index >= 15 is 0 Å². The average Bonchev–Trinajstić information content (AvgIpc) is 2.94. The Labute approximate surface area is 114 Å². The Bertz CT molecular complexity index is 675. The maximum Gasteiger partial charge on any atom is 0.352 e. The Morgan fingerprint density at radius 2 is 2.15 bits per heavy atom.